The number of aliphatic carboxylic acids is 1. The fourth-order valence-electron chi connectivity index (χ4n) is 1.56. The molecule has 0 radical (unpaired) electrons. The molecule has 0 heterocycles. The number of carbonyl (C=O) groups is 1. The number of carboxylic acids is 1. The highest BCUT2D eigenvalue weighted by Crippen LogP contribution is 2.20. The molecule has 2 N–H and O–H groups in total. The van der Waals surface area contributed by atoms with Gasteiger partial charge in [0.1, 0.15) is 5.75 Å². The van der Waals surface area contributed by atoms with Gasteiger partial charge in [0.2, 0.25) is 0 Å². The summed E-state index contributed by atoms with van der Waals surface area (Å²) < 4.78 is 5.25. The summed E-state index contributed by atoms with van der Waals surface area (Å²) in [5, 5.41) is 12.0. The van der Waals surface area contributed by atoms with E-state index >= 15 is 0 Å². The Bertz CT molecular complexity index is 537. The normalized spacial score (nSPS) is 11.6. The van der Waals surface area contributed by atoms with Crippen molar-refractivity contribution in [1.29, 1.82) is 0 Å². The minimum atomic E-state index is -0.980. The monoisotopic (exact) mass is 257 g/mol. The predicted octanol–water partition coefficient (Wildman–Crippen LogP) is 3.28. The second-order valence-corrected chi connectivity index (χ2v) is 4.11. The molecule has 0 amide bonds. The number of hydrogen-bond acceptors (Lipinski definition) is 3. The van der Waals surface area contributed by atoms with E-state index in [1.54, 1.807) is 12.1 Å². The van der Waals surface area contributed by atoms with Gasteiger partial charge in [-0.1, -0.05) is 18.2 Å². The highest BCUT2D eigenvalue weighted by atomic mass is 16.5. The van der Waals surface area contributed by atoms with Crippen LogP contribution in [0.4, 0.5) is 11.4 Å². The number of rotatable bonds is 5. The standard InChI is InChI=1S/C15H15NO3/c1-11(15(17)18)19-14-9-7-13(8-10-14)16-12-5-3-2-4-6-12/h2-11,16H,1H3,(H,17,18)/t11-/m0/s1. The number of nitrogens with one attached hydrogen (secondary N) is 1. The first-order chi connectivity index (χ1) is 9.15. The number of carboxylic acid groups (broad SMARTS) is 1. The van der Waals surface area contributed by atoms with Gasteiger partial charge in [-0.15, -0.1) is 0 Å². The first-order valence-corrected chi connectivity index (χ1v) is 5.97. The maximum absolute atomic E-state index is 10.7. The Morgan fingerprint density at radius 1 is 1.05 bits per heavy atom. The predicted molar refractivity (Wildman–Crippen MR) is 73.9 cm³/mol. The summed E-state index contributed by atoms with van der Waals surface area (Å²) in [7, 11) is 0. The molecule has 0 fully saturated rings. The van der Waals surface area contributed by atoms with Crippen molar-refractivity contribution in [2.75, 3.05) is 5.32 Å². The molecule has 0 aliphatic heterocycles. The lowest BCUT2D eigenvalue weighted by molar-refractivity contribution is -0.144. The van der Waals surface area contributed by atoms with E-state index < -0.39 is 12.1 Å². The van der Waals surface area contributed by atoms with Gasteiger partial charge >= 0.3 is 5.97 Å². The van der Waals surface area contributed by atoms with E-state index in [0.29, 0.717) is 5.75 Å². The molecule has 0 unspecified atom stereocenters. The fraction of sp³-hybridized carbons (Fsp3) is 0.133. The van der Waals surface area contributed by atoms with Gasteiger partial charge in [-0.2, -0.15) is 0 Å². The van der Waals surface area contributed by atoms with Crippen LogP contribution in [0.25, 0.3) is 0 Å². The summed E-state index contributed by atoms with van der Waals surface area (Å²) in [5.41, 5.74) is 1.91. The van der Waals surface area contributed by atoms with Gasteiger partial charge in [0.25, 0.3) is 0 Å². The highest BCUT2D eigenvalue weighted by Gasteiger charge is 2.11. The van der Waals surface area contributed by atoms with Crippen molar-refractivity contribution in [2.45, 2.75) is 13.0 Å². The van der Waals surface area contributed by atoms with Crippen LogP contribution in [-0.4, -0.2) is 17.2 Å². The van der Waals surface area contributed by atoms with Crippen LogP contribution in [0, 0.1) is 0 Å². The molecular formula is C15H15NO3. The Labute approximate surface area is 111 Å². The van der Waals surface area contributed by atoms with Crippen molar-refractivity contribution < 1.29 is 14.6 Å². The molecule has 4 nitrogen and oxygen atoms in total. The van der Waals surface area contributed by atoms with E-state index in [0.717, 1.165) is 11.4 Å². The molecule has 0 aromatic heterocycles. The van der Waals surface area contributed by atoms with E-state index in [1.807, 2.05) is 42.5 Å². The van der Waals surface area contributed by atoms with E-state index in [2.05, 4.69) is 5.32 Å². The van der Waals surface area contributed by atoms with Gasteiger partial charge < -0.3 is 15.2 Å². The van der Waals surface area contributed by atoms with Crippen molar-refractivity contribution in [2.24, 2.45) is 0 Å². The summed E-state index contributed by atoms with van der Waals surface area (Å²) in [5.74, 6) is -0.444. The molecule has 0 saturated carbocycles. The summed E-state index contributed by atoms with van der Waals surface area (Å²) in [4.78, 5) is 10.7. The van der Waals surface area contributed by atoms with E-state index in [4.69, 9.17) is 9.84 Å². The van der Waals surface area contributed by atoms with Gasteiger partial charge in [0.05, 0.1) is 0 Å². The van der Waals surface area contributed by atoms with Gasteiger partial charge in [-0.05, 0) is 43.3 Å². The molecule has 0 aliphatic rings. The van der Waals surface area contributed by atoms with Crippen molar-refractivity contribution >= 4 is 17.3 Å². The Balaban J connectivity index is 2.01. The van der Waals surface area contributed by atoms with E-state index in [9.17, 15) is 4.79 Å². The van der Waals surface area contributed by atoms with Crippen LogP contribution < -0.4 is 10.1 Å². The molecule has 0 spiro atoms. The molecule has 0 saturated heterocycles. The van der Waals surface area contributed by atoms with Gasteiger partial charge in [0.15, 0.2) is 6.10 Å². The topological polar surface area (TPSA) is 58.6 Å². The Morgan fingerprint density at radius 3 is 2.21 bits per heavy atom. The molecule has 2 aromatic carbocycles. The zero-order chi connectivity index (χ0) is 13.7. The molecule has 19 heavy (non-hydrogen) atoms. The van der Waals surface area contributed by atoms with Crippen LogP contribution in [-0.2, 0) is 4.79 Å². The molecule has 0 aliphatic carbocycles. The molecule has 2 rings (SSSR count). The SMILES string of the molecule is C[C@H](Oc1ccc(Nc2ccccc2)cc1)C(=O)O. The maximum atomic E-state index is 10.7. The average molecular weight is 257 g/mol. The lowest BCUT2D eigenvalue weighted by atomic mass is 10.2. The molecule has 98 valence electrons. The van der Waals surface area contributed by atoms with Crippen LogP contribution >= 0.6 is 0 Å². The Hall–Kier alpha value is -2.49. The number of para-hydroxylation sites is 1. The Kier molecular flexibility index (Phi) is 4.03. The molecule has 2 aromatic rings. The quantitative estimate of drug-likeness (QED) is 0.863. The first-order valence-electron chi connectivity index (χ1n) is 5.97. The van der Waals surface area contributed by atoms with Gasteiger partial charge in [0, 0.05) is 11.4 Å². The highest BCUT2D eigenvalue weighted by molar-refractivity contribution is 5.72. The second-order valence-electron chi connectivity index (χ2n) is 4.11. The number of anilines is 2. The zero-order valence-electron chi connectivity index (χ0n) is 10.5. The van der Waals surface area contributed by atoms with Crippen molar-refractivity contribution in [3.63, 3.8) is 0 Å². The van der Waals surface area contributed by atoms with Crippen LogP contribution in [0.15, 0.2) is 54.6 Å². The summed E-state index contributed by atoms with van der Waals surface area (Å²) >= 11 is 0. The van der Waals surface area contributed by atoms with Crippen molar-refractivity contribution in [3.8, 4) is 5.75 Å². The van der Waals surface area contributed by atoms with Crippen LogP contribution in [0.1, 0.15) is 6.92 Å². The van der Waals surface area contributed by atoms with E-state index in [-0.39, 0.29) is 0 Å². The maximum Gasteiger partial charge on any atom is 0.344 e. The molecule has 4 heteroatoms. The van der Waals surface area contributed by atoms with Crippen LogP contribution in [0.3, 0.4) is 0 Å². The number of benzene rings is 2. The third-order valence-corrected chi connectivity index (χ3v) is 2.58. The Morgan fingerprint density at radius 2 is 1.63 bits per heavy atom. The van der Waals surface area contributed by atoms with Gasteiger partial charge in [-0.3, -0.25) is 0 Å². The lowest BCUT2D eigenvalue weighted by Crippen LogP contribution is -2.22. The molecular weight excluding hydrogens is 242 g/mol. The third-order valence-electron chi connectivity index (χ3n) is 2.58. The third kappa shape index (κ3) is 3.74. The van der Waals surface area contributed by atoms with Gasteiger partial charge in [-0.25, -0.2) is 4.79 Å². The minimum Gasteiger partial charge on any atom is -0.479 e. The lowest BCUT2D eigenvalue weighted by Gasteiger charge is -2.11. The first kappa shape index (κ1) is 13.0. The van der Waals surface area contributed by atoms with Crippen LogP contribution in [0.5, 0.6) is 5.75 Å². The largest absolute Gasteiger partial charge is 0.479 e. The van der Waals surface area contributed by atoms with Crippen molar-refractivity contribution in [3.05, 3.63) is 54.6 Å². The van der Waals surface area contributed by atoms with Crippen LogP contribution in [0.2, 0.25) is 0 Å². The summed E-state index contributed by atoms with van der Waals surface area (Å²) in [6, 6.07) is 17.0. The molecule has 1 atom stereocenters. The average Bonchev–Trinajstić information content (AvgIpc) is 2.42. The fourth-order valence-corrected chi connectivity index (χ4v) is 1.56. The smallest absolute Gasteiger partial charge is 0.344 e. The number of ether oxygens (including phenoxy) is 1. The number of hydrogen-bond donors (Lipinski definition) is 2. The van der Waals surface area contributed by atoms with Crippen molar-refractivity contribution in [1.82, 2.24) is 0 Å². The zero-order valence-corrected chi connectivity index (χ0v) is 10.5. The molecule has 0 bridgehead atoms. The summed E-state index contributed by atoms with van der Waals surface area (Å²) in [6.07, 6.45) is -0.854. The summed E-state index contributed by atoms with van der Waals surface area (Å²) in [6.45, 7) is 1.50. The second kappa shape index (κ2) is 5.91. The minimum absolute atomic E-state index is 0.536. The van der Waals surface area contributed by atoms with E-state index in [1.165, 1.54) is 6.92 Å².